The molecule has 2 unspecified atom stereocenters. The van der Waals surface area contributed by atoms with Crippen LogP contribution >= 0.6 is 0 Å². The van der Waals surface area contributed by atoms with Crippen LogP contribution in [0.1, 0.15) is 34.1 Å². The van der Waals surface area contributed by atoms with E-state index >= 15 is 0 Å². The molecule has 17 heavy (non-hydrogen) atoms. The SMILES string of the molecule is CC(=O)CC(N=O)N1C=NC(C(C)(C)C)C1=O. The third-order valence-corrected chi connectivity index (χ3v) is 2.56. The molecule has 0 N–H and O–H groups in total. The summed E-state index contributed by atoms with van der Waals surface area (Å²) < 4.78 is 0. The highest BCUT2D eigenvalue weighted by atomic mass is 16.3. The van der Waals surface area contributed by atoms with Crippen LogP contribution in [0.15, 0.2) is 10.2 Å². The van der Waals surface area contributed by atoms with Gasteiger partial charge in [-0.25, -0.2) is 0 Å². The van der Waals surface area contributed by atoms with Crippen LogP contribution in [-0.2, 0) is 9.59 Å². The van der Waals surface area contributed by atoms with Gasteiger partial charge in [0.25, 0.3) is 5.91 Å². The maximum absolute atomic E-state index is 12.0. The highest BCUT2D eigenvalue weighted by Crippen LogP contribution is 2.28. The van der Waals surface area contributed by atoms with Gasteiger partial charge in [-0.05, 0) is 17.5 Å². The summed E-state index contributed by atoms with van der Waals surface area (Å²) in [5.41, 5.74) is -0.314. The zero-order valence-electron chi connectivity index (χ0n) is 10.5. The number of aliphatic imine (C=N–C) groups is 1. The van der Waals surface area contributed by atoms with Crippen molar-refractivity contribution in [2.45, 2.75) is 46.3 Å². The molecule has 2 atom stereocenters. The zero-order chi connectivity index (χ0) is 13.2. The first-order valence-electron chi connectivity index (χ1n) is 5.44. The van der Waals surface area contributed by atoms with E-state index in [1.165, 1.54) is 13.3 Å². The van der Waals surface area contributed by atoms with Gasteiger partial charge in [-0.3, -0.25) is 19.5 Å². The Labute approximate surface area is 100 Å². The number of amides is 1. The van der Waals surface area contributed by atoms with Crippen molar-refractivity contribution in [2.24, 2.45) is 15.6 Å². The molecule has 0 saturated heterocycles. The third kappa shape index (κ3) is 2.95. The molecule has 0 spiro atoms. The normalized spacial score (nSPS) is 21.8. The van der Waals surface area contributed by atoms with Crippen LogP contribution in [0.25, 0.3) is 0 Å². The van der Waals surface area contributed by atoms with Crippen LogP contribution in [0.4, 0.5) is 0 Å². The van der Waals surface area contributed by atoms with Gasteiger partial charge in [0, 0.05) is 0 Å². The second kappa shape index (κ2) is 4.73. The summed E-state index contributed by atoms with van der Waals surface area (Å²) in [6.07, 6.45) is 0.266. The summed E-state index contributed by atoms with van der Waals surface area (Å²) in [5.74, 6) is -0.460. The second-order valence-electron chi connectivity index (χ2n) is 5.27. The highest BCUT2D eigenvalue weighted by Gasteiger charge is 2.40. The number of hydrogen-bond acceptors (Lipinski definition) is 5. The lowest BCUT2D eigenvalue weighted by molar-refractivity contribution is -0.131. The fourth-order valence-electron chi connectivity index (χ4n) is 1.66. The van der Waals surface area contributed by atoms with Crippen LogP contribution in [0.2, 0.25) is 0 Å². The Morgan fingerprint density at radius 2 is 2.18 bits per heavy atom. The van der Waals surface area contributed by atoms with Gasteiger partial charge in [0.15, 0.2) is 6.17 Å². The van der Waals surface area contributed by atoms with Crippen molar-refractivity contribution in [3.05, 3.63) is 4.91 Å². The van der Waals surface area contributed by atoms with E-state index in [2.05, 4.69) is 10.2 Å². The Kier molecular flexibility index (Phi) is 3.75. The third-order valence-electron chi connectivity index (χ3n) is 2.56. The minimum Gasteiger partial charge on any atom is -0.300 e. The van der Waals surface area contributed by atoms with E-state index in [4.69, 9.17) is 0 Å². The van der Waals surface area contributed by atoms with Gasteiger partial charge in [0.05, 0.1) is 12.8 Å². The molecule has 1 aliphatic rings. The van der Waals surface area contributed by atoms with Crippen molar-refractivity contribution >= 4 is 18.0 Å². The highest BCUT2D eigenvalue weighted by molar-refractivity contribution is 5.98. The maximum atomic E-state index is 12.0. The molecule has 0 fully saturated rings. The van der Waals surface area contributed by atoms with E-state index in [1.54, 1.807) is 0 Å². The lowest BCUT2D eigenvalue weighted by Gasteiger charge is -2.25. The molecule has 1 amide bonds. The van der Waals surface area contributed by atoms with Crippen molar-refractivity contribution < 1.29 is 9.59 Å². The number of ketones is 1. The number of carbonyl (C=O) groups excluding carboxylic acids is 2. The summed E-state index contributed by atoms with van der Waals surface area (Å²) in [7, 11) is 0. The first-order chi connectivity index (χ1) is 7.77. The predicted octanol–water partition coefficient (Wildman–Crippen LogP) is 1.34. The Hall–Kier alpha value is -1.59. The minimum atomic E-state index is -0.976. The number of Topliss-reactive ketones (excluding diaryl/α,β-unsaturated/α-hetero) is 1. The number of nitrogens with zero attached hydrogens (tertiary/aromatic N) is 3. The largest absolute Gasteiger partial charge is 0.300 e. The quantitative estimate of drug-likeness (QED) is 0.694. The van der Waals surface area contributed by atoms with E-state index in [1.807, 2.05) is 20.8 Å². The van der Waals surface area contributed by atoms with Gasteiger partial charge in [-0.15, -0.1) is 4.91 Å². The van der Waals surface area contributed by atoms with Gasteiger partial charge in [0.2, 0.25) is 0 Å². The zero-order valence-corrected chi connectivity index (χ0v) is 10.5. The van der Waals surface area contributed by atoms with Gasteiger partial charge in [-0.1, -0.05) is 20.8 Å². The van der Waals surface area contributed by atoms with Gasteiger partial charge in [0.1, 0.15) is 11.8 Å². The molecule has 6 nitrogen and oxygen atoms in total. The first-order valence-corrected chi connectivity index (χ1v) is 5.44. The molecule has 6 heteroatoms. The van der Waals surface area contributed by atoms with Crippen LogP contribution in [0, 0.1) is 10.3 Å². The fraction of sp³-hybridized carbons (Fsp3) is 0.727. The fourth-order valence-corrected chi connectivity index (χ4v) is 1.66. The molecule has 0 saturated carbocycles. The first kappa shape index (κ1) is 13.5. The Bertz CT molecular complexity index is 371. The van der Waals surface area contributed by atoms with Crippen molar-refractivity contribution in [1.82, 2.24) is 4.90 Å². The van der Waals surface area contributed by atoms with E-state index in [-0.39, 0.29) is 23.5 Å². The van der Waals surface area contributed by atoms with Crippen LogP contribution in [0.3, 0.4) is 0 Å². The summed E-state index contributed by atoms with van der Waals surface area (Å²) in [6.45, 7) is 7.04. The average Bonchev–Trinajstić information content (AvgIpc) is 2.55. The number of carbonyl (C=O) groups is 2. The monoisotopic (exact) mass is 239 g/mol. The Morgan fingerprint density at radius 3 is 2.53 bits per heavy atom. The molecule has 1 aliphatic heterocycles. The van der Waals surface area contributed by atoms with E-state index in [0.717, 1.165) is 4.90 Å². The second-order valence-corrected chi connectivity index (χ2v) is 5.27. The predicted molar refractivity (Wildman–Crippen MR) is 63.5 cm³/mol. The molecule has 94 valence electrons. The molecular weight excluding hydrogens is 222 g/mol. The van der Waals surface area contributed by atoms with Gasteiger partial charge in [-0.2, -0.15) is 0 Å². The smallest absolute Gasteiger partial charge is 0.254 e. The van der Waals surface area contributed by atoms with Gasteiger partial charge >= 0.3 is 0 Å². The number of rotatable bonds is 4. The topological polar surface area (TPSA) is 79.2 Å². The standard InChI is InChI=1S/C11H17N3O3/c1-7(15)5-8(13-17)14-6-12-9(10(14)16)11(2,3)4/h6,8-9H,5H2,1-4H3. The van der Waals surface area contributed by atoms with Crippen molar-refractivity contribution in [1.29, 1.82) is 0 Å². The lowest BCUT2D eigenvalue weighted by Crippen LogP contribution is -2.42. The summed E-state index contributed by atoms with van der Waals surface area (Å²) >= 11 is 0. The summed E-state index contributed by atoms with van der Waals surface area (Å²) in [4.78, 5) is 38.9. The molecule has 0 aromatic rings. The van der Waals surface area contributed by atoms with Crippen molar-refractivity contribution in [2.75, 3.05) is 0 Å². The number of nitroso groups, excluding NO2 is 1. The summed E-state index contributed by atoms with van der Waals surface area (Å²) in [5, 5.41) is 2.82. The average molecular weight is 239 g/mol. The maximum Gasteiger partial charge on any atom is 0.254 e. The molecule has 1 heterocycles. The molecule has 0 radical (unpaired) electrons. The lowest BCUT2D eigenvalue weighted by atomic mass is 9.87. The Balaban J connectivity index is 2.83. The summed E-state index contributed by atoms with van der Waals surface area (Å²) in [6, 6.07) is -0.515. The van der Waals surface area contributed by atoms with Crippen LogP contribution in [0.5, 0.6) is 0 Å². The van der Waals surface area contributed by atoms with Crippen LogP contribution < -0.4 is 0 Å². The minimum absolute atomic E-state index is 0.0713. The molecular formula is C11H17N3O3. The van der Waals surface area contributed by atoms with Crippen molar-refractivity contribution in [3.63, 3.8) is 0 Å². The van der Waals surface area contributed by atoms with Crippen LogP contribution in [-0.4, -0.2) is 35.1 Å². The van der Waals surface area contributed by atoms with E-state index in [0.29, 0.717) is 0 Å². The molecule has 0 aliphatic carbocycles. The molecule has 1 rings (SSSR count). The van der Waals surface area contributed by atoms with E-state index in [9.17, 15) is 14.5 Å². The molecule has 0 aromatic heterocycles. The van der Waals surface area contributed by atoms with Gasteiger partial charge < -0.3 is 0 Å². The van der Waals surface area contributed by atoms with Crippen molar-refractivity contribution in [3.8, 4) is 0 Å². The van der Waals surface area contributed by atoms with E-state index < -0.39 is 12.2 Å². The molecule has 0 bridgehead atoms. The molecule has 0 aromatic carbocycles. The Morgan fingerprint density at radius 1 is 1.59 bits per heavy atom. The number of hydrogen-bond donors (Lipinski definition) is 0.